The maximum atomic E-state index is 16.4. The fourth-order valence-corrected chi connectivity index (χ4v) is 9.29. The number of nitrogens with zero attached hydrogens (tertiary/aromatic N) is 2. The molecule has 7 heteroatoms. The molecule has 4 atom stereocenters. The van der Waals surface area contributed by atoms with Crippen LogP contribution in [0.25, 0.3) is 10.9 Å². The Balaban J connectivity index is 1.23. The van der Waals surface area contributed by atoms with Crippen LogP contribution in [0, 0.1) is 11.2 Å². The molecule has 1 unspecified atom stereocenters. The Morgan fingerprint density at radius 1 is 1.21 bits per heavy atom. The SMILES string of the molecule is C[C@H]1Cc2c([nH]c3ccccc23)[C@@H]2c3c(F)cc(NC4CN(CCCF)C4)cc3C3C4([C@@H](C)O)CC3(C4)N21. The molecule has 3 aliphatic heterocycles. The second-order valence-corrected chi connectivity index (χ2v) is 12.8. The molecule has 0 amide bonds. The van der Waals surface area contributed by atoms with Crippen molar-refractivity contribution in [3.05, 3.63) is 64.6 Å². The molecule has 3 saturated carbocycles. The first-order chi connectivity index (χ1) is 18.4. The van der Waals surface area contributed by atoms with Crippen LogP contribution < -0.4 is 5.32 Å². The van der Waals surface area contributed by atoms with E-state index < -0.39 is 6.10 Å². The quantitative estimate of drug-likeness (QED) is 0.425. The van der Waals surface area contributed by atoms with Gasteiger partial charge in [-0.3, -0.25) is 14.2 Å². The van der Waals surface area contributed by atoms with Crippen molar-refractivity contribution >= 4 is 16.6 Å². The van der Waals surface area contributed by atoms with Crippen molar-refractivity contribution in [1.82, 2.24) is 14.8 Å². The van der Waals surface area contributed by atoms with Gasteiger partial charge >= 0.3 is 0 Å². The zero-order valence-electron chi connectivity index (χ0n) is 22.1. The van der Waals surface area contributed by atoms with Gasteiger partial charge in [-0.25, -0.2) is 4.39 Å². The number of aromatic amines is 1. The van der Waals surface area contributed by atoms with Gasteiger partial charge in [-0.2, -0.15) is 0 Å². The first kappa shape index (κ1) is 23.4. The number of alkyl halides is 1. The predicted molar refractivity (Wildman–Crippen MR) is 145 cm³/mol. The van der Waals surface area contributed by atoms with Crippen LogP contribution in [0.4, 0.5) is 14.5 Å². The van der Waals surface area contributed by atoms with E-state index in [1.54, 1.807) is 6.07 Å². The van der Waals surface area contributed by atoms with Crippen LogP contribution in [-0.2, 0) is 6.42 Å². The number of aromatic nitrogens is 1. The number of aliphatic hydroxyl groups is 1. The van der Waals surface area contributed by atoms with E-state index in [-0.39, 0.29) is 47.5 Å². The molecule has 3 aromatic rings. The number of hydrogen-bond donors (Lipinski definition) is 3. The van der Waals surface area contributed by atoms with E-state index >= 15 is 4.39 Å². The summed E-state index contributed by atoms with van der Waals surface area (Å²) in [5.74, 6) is -0.0115. The number of H-pyrrole nitrogens is 1. The van der Waals surface area contributed by atoms with Gasteiger partial charge in [0.05, 0.1) is 24.9 Å². The smallest absolute Gasteiger partial charge is 0.130 e. The van der Waals surface area contributed by atoms with Gasteiger partial charge < -0.3 is 15.4 Å². The van der Waals surface area contributed by atoms with Crippen LogP contribution in [-0.4, -0.2) is 69.9 Å². The summed E-state index contributed by atoms with van der Waals surface area (Å²) >= 11 is 0. The van der Waals surface area contributed by atoms with Gasteiger partial charge in [0.15, 0.2) is 0 Å². The largest absolute Gasteiger partial charge is 0.393 e. The number of anilines is 1. The third-order valence-corrected chi connectivity index (χ3v) is 10.8. The van der Waals surface area contributed by atoms with Crippen LogP contribution in [0.2, 0.25) is 0 Å². The van der Waals surface area contributed by atoms with Gasteiger partial charge in [0.1, 0.15) is 5.82 Å². The normalized spacial score (nSPS) is 34.3. The Morgan fingerprint density at radius 2 is 2.00 bits per heavy atom. The second-order valence-electron chi connectivity index (χ2n) is 12.8. The Hall–Kier alpha value is -2.48. The summed E-state index contributed by atoms with van der Waals surface area (Å²) in [7, 11) is 0. The van der Waals surface area contributed by atoms with Crippen LogP contribution in [0.5, 0.6) is 0 Å². The van der Waals surface area contributed by atoms with Gasteiger partial charge in [0.25, 0.3) is 0 Å². The molecule has 0 radical (unpaired) electrons. The van der Waals surface area contributed by atoms with Gasteiger partial charge in [-0.05, 0) is 68.9 Å². The van der Waals surface area contributed by atoms with E-state index in [2.05, 4.69) is 57.4 Å². The summed E-state index contributed by atoms with van der Waals surface area (Å²) < 4.78 is 28.9. The highest BCUT2D eigenvalue weighted by molar-refractivity contribution is 5.85. The fourth-order valence-electron chi connectivity index (χ4n) is 9.29. The molecule has 1 saturated heterocycles. The highest BCUT2D eigenvalue weighted by Gasteiger charge is 2.82. The van der Waals surface area contributed by atoms with E-state index in [4.69, 9.17) is 0 Å². The van der Waals surface area contributed by atoms with Crippen molar-refractivity contribution in [2.24, 2.45) is 5.41 Å². The number of rotatable bonds is 6. The van der Waals surface area contributed by atoms with Crippen LogP contribution >= 0.6 is 0 Å². The summed E-state index contributed by atoms with van der Waals surface area (Å²) in [6, 6.07) is 12.7. The van der Waals surface area contributed by atoms with Gasteiger partial charge in [-0.15, -0.1) is 0 Å². The molecular formula is C31H36F2N4O. The van der Waals surface area contributed by atoms with E-state index in [9.17, 15) is 9.50 Å². The topological polar surface area (TPSA) is 54.5 Å². The lowest BCUT2D eigenvalue weighted by atomic mass is 9.28. The molecule has 1 spiro atoms. The molecule has 2 bridgehead atoms. The molecular weight excluding hydrogens is 482 g/mol. The minimum Gasteiger partial charge on any atom is -0.393 e. The Labute approximate surface area is 222 Å². The third kappa shape index (κ3) is 2.80. The summed E-state index contributed by atoms with van der Waals surface area (Å²) in [5, 5.41) is 15.7. The molecule has 3 aliphatic carbocycles. The lowest BCUT2D eigenvalue weighted by molar-refractivity contribution is -0.304. The number of fused-ring (bicyclic) bond motifs is 7. The standard InChI is InChI=1S/C31H36F2N4O/c1-17-10-22-21-6-3-4-7-25(21)35-27(22)28-26-23(29-30(18(2)38)15-31(29,16-30)37(17)28)11-19(12-24(26)33)34-20-13-36(14-20)9-5-8-32/h3-4,6-7,11-12,17-18,20,28-29,34-35,38H,5,8-10,13-16H2,1-2H3/t17-,18+,28-,29?,30?,31?/m0/s1. The zero-order chi connectivity index (χ0) is 26.0. The van der Waals surface area contributed by atoms with Gasteiger partial charge in [-0.1, -0.05) is 18.2 Å². The van der Waals surface area contributed by atoms with Gasteiger partial charge in [0, 0.05) is 70.4 Å². The van der Waals surface area contributed by atoms with E-state index in [1.807, 2.05) is 6.92 Å². The number of likely N-dealkylation sites (tertiary alicyclic amines) is 1. The number of aliphatic hydroxyl groups excluding tert-OH is 1. The minimum atomic E-state index is -0.419. The summed E-state index contributed by atoms with van der Waals surface area (Å²) in [6.45, 7) is 6.43. The van der Waals surface area contributed by atoms with Crippen LogP contribution in [0.1, 0.15) is 67.5 Å². The second kappa shape index (κ2) is 7.80. The molecule has 5 nitrogen and oxygen atoms in total. The monoisotopic (exact) mass is 518 g/mol. The molecule has 9 rings (SSSR count). The molecule has 3 N–H and O–H groups in total. The third-order valence-electron chi connectivity index (χ3n) is 10.8. The zero-order valence-corrected chi connectivity index (χ0v) is 22.1. The molecule has 200 valence electrons. The first-order valence-corrected chi connectivity index (χ1v) is 14.3. The summed E-state index contributed by atoms with van der Waals surface area (Å²) in [4.78, 5) is 8.57. The molecule has 38 heavy (non-hydrogen) atoms. The van der Waals surface area contributed by atoms with E-state index in [0.717, 1.165) is 66.9 Å². The number of halogens is 2. The Bertz CT molecular complexity index is 1440. The molecule has 6 aliphatic rings. The summed E-state index contributed by atoms with van der Waals surface area (Å²) in [6.07, 6.45) is 3.05. The van der Waals surface area contributed by atoms with Crippen molar-refractivity contribution in [2.45, 2.75) is 75.2 Å². The maximum Gasteiger partial charge on any atom is 0.130 e. The van der Waals surface area contributed by atoms with Crippen LogP contribution in [0.15, 0.2) is 36.4 Å². The van der Waals surface area contributed by atoms with Crippen molar-refractivity contribution in [3.63, 3.8) is 0 Å². The number of nitrogens with one attached hydrogen (secondary N) is 2. The minimum absolute atomic E-state index is 0.0201. The Morgan fingerprint density at radius 3 is 2.76 bits per heavy atom. The van der Waals surface area contributed by atoms with Crippen LogP contribution in [0.3, 0.4) is 0 Å². The summed E-state index contributed by atoms with van der Waals surface area (Å²) in [5.41, 5.74) is 6.10. The predicted octanol–water partition coefficient (Wildman–Crippen LogP) is 5.11. The molecule has 4 heterocycles. The Kier molecular flexibility index (Phi) is 4.81. The average molecular weight is 519 g/mol. The fraction of sp³-hybridized carbons (Fsp3) is 0.548. The number of hydrogen-bond acceptors (Lipinski definition) is 4. The first-order valence-electron chi connectivity index (χ1n) is 14.3. The van der Waals surface area contributed by atoms with E-state index in [0.29, 0.717) is 6.42 Å². The van der Waals surface area contributed by atoms with Crippen molar-refractivity contribution in [2.75, 3.05) is 31.6 Å². The lowest BCUT2D eigenvalue weighted by Gasteiger charge is -2.84. The number of benzene rings is 2. The highest BCUT2D eigenvalue weighted by atomic mass is 19.1. The van der Waals surface area contributed by atoms with Crippen molar-refractivity contribution < 1.29 is 13.9 Å². The average Bonchev–Trinajstić information content (AvgIpc) is 3.17. The maximum absolute atomic E-state index is 16.4. The molecule has 2 aromatic carbocycles. The van der Waals surface area contributed by atoms with Crippen molar-refractivity contribution in [1.29, 1.82) is 0 Å². The van der Waals surface area contributed by atoms with Gasteiger partial charge in [0.2, 0.25) is 0 Å². The lowest BCUT2D eigenvalue weighted by Crippen LogP contribution is -2.85. The molecule has 4 fully saturated rings. The van der Waals surface area contributed by atoms with E-state index in [1.165, 1.54) is 10.9 Å². The highest BCUT2D eigenvalue weighted by Crippen LogP contribution is 2.82. The number of para-hydroxylation sites is 1. The molecule has 1 aromatic heterocycles. The van der Waals surface area contributed by atoms with Crippen molar-refractivity contribution in [3.8, 4) is 0 Å².